The maximum absolute atomic E-state index is 12.8. The summed E-state index contributed by atoms with van der Waals surface area (Å²) in [4.78, 5) is 25.5. The maximum Gasteiger partial charge on any atom is 0.255 e. The van der Waals surface area contributed by atoms with E-state index in [0.29, 0.717) is 27.5 Å². The molecule has 6 nitrogen and oxygen atoms in total. The van der Waals surface area contributed by atoms with Gasteiger partial charge in [-0.15, -0.1) is 0 Å². The van der Waals surface area contributed by atoms with Crippen LogP contribution in [0.1, 0.15) is 26.3 Å². The smallest absolute Gasteiger partial charge is 0.255 e. The molecule has 29 heavy (non-hydrogen) atoms. The van der Waals surface area contributed by atoms with E-state index in [1.54, 1.807) is 42.5 Å². The van der Waals surface area contributed by atoms with Gasteiger partial charge in [0.05, 0.1) is 11.9 Å². The molecule has 148 valence electrons. The van der Waals surface area contributed by atoms with E-state index in [0.717, 1.165) is 6.26 Å². The second kappa shape index (κ2) is 8.46. The molecule has 0 radical (unpaired) electrons. The van der Waals surface area contributed by atoms with E-state index >= 15 is 0 Å². The summed E-state index contributed by atoms with van der Waals surface area (Å²) in [5.41, 5.74) is 1.72. The van der Waals surface area contributed by atoms with Gasteiger partial charge in [0.1, 0.15) is 0 Å². The number of halogens is 1. The van der Waals surface area contributed by atoms with Crippen molar-refractivity contribution in [3.05, 3.63) is 94.5 Å². The lowest BCUT2D eigenvalue weighted by molar-refractivity contribution is 0.102. The van der Waals surface area contributed by atoms with Crippen molar-refractivity contribution in [2.24, 2.45) is 0 Å². The van der Waals surface area contributed by atoms with Crippen molar-refractivity contribution in [2.45, 2.75) is 0 Å². The molecule has 3 aromatic carbocycles. The van der Waals surface area contributed by atoms with Crippen LogP contribution in [0, 0.1) is 0 Å². The van der Waals surface area contributed by atoms with Crippen LogP contribution in [0.25, 0.3) is 0 Å². The van der Waals surface area contributed by atoms with E-state index in [-0.39, 0.29) is 11.3 Å². The summed E-state index contributed by atoms with van der Waals surface area (Å²) in [6.45, 7) is 0. The minimum atomic E-state index is -3.40. The molecule has 0 atom stereocenters. The number of benzene rings is 3. The average molecular weight is 429 g/mol. The normalized spacial score (nSPS) is 11.0. The van der Waals surface area contributed by atoms with Crippen molar-refractivity contribution in [1.82, 2.24) is 0 Å². The van der Waals surface area contributed by atoms with Crippen LogP contribution >= 0.6 is 11.6 Å². The molecule has 3 rings (SSSR count). The Bertz CT molecular complexity index is 1160. The second-order valence-corrected chi connectivity index (χ2v) is 8.48. The Labute approximate surface area is 173 Å². The minimum Gasteiger partial charge on any atom is -0.321 e. The number of carbonyl (C=O) groups is 2. The van der Waals surface area contributed by atoms with Gasteiger partial charge in [-0.25, -0.2) is 8.42 Å². The highest BCUT2D eigenvalue weighted by atomic mass is 35.5. The molecule has 0 spiro atoms. The molecular weight excluding hydrogens is 412 g/mol. The number of amides is 1. The molecule has 0 saturated heterocycles. The number of sulfonamides is 1. The zero-order chi connectivity index (χ0) is 21.0. The molecule has 1 amide bonds. The Morgan fingerprint density at radius 2 is 1.52 bits per heavy atom. The summed E-state index contributed by atoms with van der Waals surface area (Å²) in [6, 6.07) is 19.3. The largest absolute Gasteiger partial charge is 0.321 e. The first kappa shape index (κ1) is 20.6. The van der Waals surface area contributed by atoms with Crippen molar-refractivity contribution in [1.29, 1.82) is 0 Å². The van der Waals surface area contributed by atoms with Gasteiger partial charge in [0, 0.05) is 27.4 Å². The van der Waals surface area contributed by atoms with Crippen molar-refractivity contribution in [3.8, 4) is 0 Å². The van der Waals surface area contributed by atoms with Crippen molar-refractivity contribution >= 4 is 44.7 Å². The van der Waals surface area contributed by atoms with Gasteiger partial charge in [0.25, 0.3) is 5.91 Å². The number of hydrogen-bond acceptors (Lipinski definition) is 4. The topological polar surface area (TPSA) is 92.3 Å². The first-order valence-electron chi connectivity index (χ1n) is 8.51. The Morgan fingerprint density at radius 3 is 2.14 bits per heavy atom. The van der Waals surface area contributed by atoms with Crippen LogP contribution in [-0.4, -0.2) is 26.4 Å². The van der Waals surface area contributed by atoms with Crippen LogP contribution in [0.15, 0.2) is 72.8 Å². The number of hydrogen-bond donors (Lipinski definition) is 2. The number of ketones is 1. The summed E-state index contributed by atoms with van der Waals surface area (Å²) in [5.74, 6) is -0.712. The minimum absolute atomic E-state index is 0.267. The summed E-state index contributed by atoms with van der Waals surface area (Å²) in [7, 11) is -3.40. The highest BCUT2D eigenvalue weighted by Gasteiger charge is 2.17. The van der Waals surface area contributed by atoms with Gasteiger partial charge >= 0.3 is 0 Å². The predicted octanol–water partition coefficient (Wildman–Crippen LogP) is 4.19. The third-order valence-corrected chi connectivity index (χ3v) is 4.80. The van der Waals surface area contributed by atoms with Crippen LogP contribution in [-0.2, 0) is 10.0 Å². The van der Waals surface area contributed by atoms with Gasteiger partial charge in [0.15, 0.2) is 5.78 Å². The Hall–Kier alpha value is -3.16. The molecule has 0 fully saturated rings. The van der Waals surface area contributed by atoms with Gasteiger partial charge in [-0.2, -0.15) is 0 Å². The van der Waals surface area contributed by atoms with E-state index in [1.165, 1.54) is 30.3 Å². The molecule has 0 aliphatic rings. The molecule has 0 aromatic heterocycles. The monoisotopic (exact) mass is 428 g/mol. The summed E-state index contributed by atoms with van der Waals surface area (Å²) in [5, 5.41) is 3.09. The predicted molar refractivity (Wildman–Crippen MR) is 114 cm³/mol. The molecule has 3 aromatic rings. The standard InChI is InChI=1S/C21H17ClN2O4S/c1-29(27,28)24-17-10-7-15(8-11-17)21(26)23-19-12-9-16(22)13-18(19)20(25)14-5-3-2-4-6-14/h2-13,24H,1H3,(H,23,26). The molecule has 8 heteroatoms. The van der Waals surface area contributed by atoms with Crippen LogP contribution in [0.3, 0.4) is 0 Å². The van der Waals surface area contributed by atoms with Crippen molar-refractivity contribution < 1.29 is 18.0 Å². The van der Waals surface area contributed by atoms with Gasteiger partial charge in [-0.3, -0.25) is 14.3 Å². The molecule has 0 aliphatic carbocycles. The fourth-order valence-corrected chi connectivity index (χ4v) is 3.39. The fraction of sp³-hybridized carbons (Fsp3) is 0.0476. The van der Waals surface area contributed by atoms with Crippen molar-refractivity contribution in [2.75, 3.05) is 16.3 Å². The lowest BCUT2D eigenvalue weighted by atomic mass is 10.0. The number of anilines is 2. The molecule has 0 aliphatic heterocycles. The zero-order valence-corrected chi connectivity index (χ0v) is 16.9. The fourth-order valence-electron chi connectivity index (χ4n) is 2.66. The zero-order valence-electron chi connectivity index (χ0n) is 15.3. The van der Waals surface area contributed by atoms with Crippen LogP contribution < -0.4 is 10.0 Å². The van der Waals surface area contributed by atoms with E-state index in [1.807, 2.05) is 0 Å². The number of rotatable bonds is 6. The van der Waals surface area contributed by atoms with Crippen LogP contribution in [0.4, 0.5) is 11.4 Å². The molecule has 0 heterocycles. The third-order valence-electron chi connectivity index (χ3n) is 3.96. The molecule has 0 unspecified atom stereocenters. The SMILES string of the molecule is CS(=O)(=O)Nc1ccc(C(=O)Nc2ccc(Cl)cc2C(=O)c2ccccc2)cc1. The van der Waals surface area contributed by atoms with E-state index in [4.69, 9.17) is 11.6 Å². The molecule has 2 N–H and O–H groups in total. The average Bonchev–Trinajstić information content (AvgIpc) is 2.68. The van der Waals surface area contributed by atoms with Crippen LogP contribution in [0.5, 0.6) is 0 Å². The Morgan fingerprint density at radius 1 is 0.862 bits per heavy atom. The number of nitrogens with one attached hydrogen (secondary N) is 2. The number of carbonyl (C=O) groups excluding carboxylic acids is 2. The van der Waals surface area contributed by atoms with Gasteiger partial charge < -0.3 is 5.32 Å². The highest BCUT2D eigenvalue weighted by Crippen LogP contribution is 2.24. The third kappa shape index (κ3) is 5.43. The quantitative estimate of drug-likeness (QED) is 0.575. The van der Waals surface area contributed by atoms with Crippen LogP contribution in [0.2, 0.25) is 5.02 Å². The summed E-state index contributed by atoms with van der Waals surface area (Å²) >= 11 is 6.05. The molecule has 0 saturated carbocycles. The lowest BCUT2D eigenvalue weighted by Gasteiger charge is -2.12. The summed E-state index contributed by atoms with van der Waals surface area (Å²) in [6.07, 6.45) is 1.04. The molecule has 0 bridgehead atoms. The Balaban J connectivity index is 1.85. The molecular formula is C21H17ClN2O4S. The second-order valence-electron chi connectivity index (χ2n) is 6.29. The van der Waals surface area contributed by atoms with Gasteiger partial charge in [-0.1, -0.05) is 41.9 Å². The maximum atomic E-state index is 12.8. The Kier molecular flexibility index (Phi) is 6.00. The van der Waals surface area contributed by atoms with E-state index in [2.05, 4.69) is 10.0 Å². The van der Waals surface area contributed by atoms with Gasteiger partial charge in [0.2, 0.25) is 10.0 Å². The summed E-state index contributed by atoms with van der Waals surface area (Å²) < 4.78 is 24.9. The highest BCUT2D eigenvalue weighted by molar-refractivity contribution is 7.92. The lowest BCUT2D eigenvalue weighted by Crippen LogP contribution is -2.15. The van der Waals surface area contributed by atoms with Crippen molar-refractivity contribution in [3.63, 3.8) is 0 Å². The van der Waals surface area contributed by atoms with Gasteiger partial charge in [-0.05, 0) is 42.5 Å². The van der Waals surface area contributed by atoms with E-state index in [9.17, 15) is 18.0 Å². The first-order chi connectivity index (χ1) is 13.7. The first-order valence-corrected chi connectivity index (χ1v) is 10.8. The van der Waals surface area contributed by atoms with E-state index < -0.39 is 15.9 Å².